The normalized spacial score (nSPS) is 38.2. The first kappa shape index (κ1) is 10.3. The zero-order chi connectivity index (χ0) is 9.35. The predicted molar refractivity (Wildman–Crippen MR) is 52.4 cm³/mol. The van der Waals surface area contributed by atoms with Gasteiger partial charge < -0.3 is 5.11 Å². The number of aliphatic hydroxyl groups excluding tert-OH is 1. The highest BCUT2D eigenvalue weighted by molar-refractivity contribution is 6.21. The smallest absolute Gasteiger partial charge is 0.0703 e. The topological polar surface area (TPSA) is 20.2 Å². The van der Waals surface area contributed by atoms with Crippen LogP contribution in [0.4, 0.5) is 0 Å². The molecule has 1 fully saturated rings. The number of rotatable bonds is 0. The van der Waals surface area contributed by atoms with Crippen LogP contribution in [-0.2, 0) is 0 Å². The summed E-state index contributed by atoms with van der Waals surface area (Å²) in [6.07, 6.45) is 2.68. The third-order valence-corrected chi connectivity index (χ3v) is 3.43. The highest BCUT2D eigenvalue weighted by Crippen LogP contribution is 2.39. The predicted octanol–water partition coefficient (Wildman–Crippen LogP) is 2.80. The van der Waals surface area contributed by atoms with E-state index in [-0.39, 0.29) is 11.5 Å². The van der Waals surface area contributed by atoms with E-state index in [1.165, 1.54) is 0 Å². The Kier molecular flexibility index (Phi) is 3.06. The van der Waals surface area contributed by atoms with Crippen LogP contribution in [0.1, 0.15) is 40.0 Å². The summed E-state index contributed by atoms with van der Waals surface area (Å²) >= 11 is 6.02. The van der Waals surface area contributed by atoms with Gasteiger partial charge in [0.2, 0.25) is 0 Å². The molecule has 0 aromatic heterocycles. The summed E-state index contributed by atoms with van der Waals surface area (Å²) in [5, 5.41) is 9.40. The number of hydrogen-bond acceptors (Lipinski definition) is 1. The van der Waals surface area contributed by atoms with Gasteiger partial charge in [-0.05, 0) is 30.6 Å². The van der Waals surface area contributed by atoms with E-state index >= 15 is 0 Å². The van der Waals surface area contributed by atoms with E-state index in [0.717, 1.165) is 19.3 Å². The first-order valence-electron chi connectivity index (χ1n) is 4.73. The van der Waals surface area contributed by atoms with E-state index in [4.69, 9.17) is 11.6 Å². The van der Waals surface area contributed by atoms with Crippen LogP contribution < -0.4 is 0 Å². The Morgan fingerprint density at radius 3 is 2.25 bits per heavy atom. The Balaban J connectivity index is 2.51. The van der Waals surface area contributed by atoms with E-state index in [0.29, 0.717) is 11.3 Å². The molecule has 1 saturated carbocycles. The van der Waals surface area contributed by atoms with Crippen molar-refractivity contribution in [2.24, 2.45) is 11.3 Å². The second-order valence-corrected chi connectivity index (χ2v) is 5.52. The maximum absolute atomic E-state index is 9.43. The van der Waals surface area contributed by atoms with E-state index in [1.807, 2.05) is 0 Å². The Morgan fingerprint density at radius 1 is 1.25 bits per heavy atom. The molecule has 0 saturated heterocycles. The molecule has 12 heavy (non-hydrogen) atoms. The Bertz CT molecular complexity index is 150. The molecule has 1 unspecified atom stereocenters. The molecule has 0 amide bonds. The maximum Gasteiger partial charge on any atom is 0.0703 e. The van der Waals surface area contributed by atoms with Crippen molar-refractivity contribution < 1.29 is 5.11 Å². The number of hydrogen-bond donors (Lipinski definition) is 1. The maximum atomic E-state index is 9.43. The first-order chi connectivity index (χ1) is 5.41. The largest absolute Gasteiger partial charge is 0.392 e. The van der Waals surface area contributed by atoms with Crippen LogP contribution in [0.15, 0.2) is 0 Å². The fourth-order valence-electron chi connectivity index (χ4n) is 1.89. The zero-order valence-corrected chi connectivity index (χ0v) is 8.93. The summed E-state index contributed by atoms with van der Waals surface area (Å²) in [4.78, 5) is 0. The first-order valence-corrected chi connectivity index (χ1v) is 5.17. The van der Waals surface area contributed by atoms with Crippen molar-refractivity contribution in [3.63, 3.8) is 0 Å². The van der Waals surface area contributed by atoms with Crippen molar-refractivity contribution in [1.82, 2.24) is 0 Å². The average molecular weight is 191 g/mol. The lowest BCUT2D eigenvalue weighted by atomic mass is 9.72. The van der Waals surface area contributed by atoms with Crippen LogP contribution in [0, 0.1) is 11.3 Å². The van der Waals surface area contributed by atoms with Crippen LogP contribution in [0.5, 0.6) is 0 Å². The molecule has 0 aliphatic heterocycles. The molecule has 0 spiro atoms. The van der Waals surface area contributed by atoms with Crippen molar-refractivity contribution >= 4 is 11.6 Å². The third-order valence-electron chi connectivity index (χ3n) is 2.96. The molecule has 0 aromatic carbocycles. The summed E-state index contributed by atoms with van der Waals surface area (Å²) in [6.45, 7) is 6.75. The van der Waals surface area contributed by atoms with E-state index < -0.39 is 0 Å². The van der Waals surface area contributed by atoms with Gasteiger partial charge in [0.05, 0.1) is 11.5 Å². The minimum atomic E-state index is -0.273. The molecule has 0 radical (unpaired) electrons. The SMILES string of the molecule is CC(C)(C)[C@H]1CCC(O)[C@H](Cl)C1. The summed E-state index contributed by atoms with van der Waals surface area (Å²) in [6, 6.07) is 0. The minimum absolute atomic E-state index is 0.0250. The fourth-order valence-corrected chi connectivity index (χ4v) is 2.23. The third kappa shape index (κ3) is 2.37. The van der Waals surface area contributed by atoms with Crippen molar-refractivity contribution in [3.8, 4) is 0 Å². The Morgan fingerprint density at radius 2 is 1.83 bits per heavy atom. The van der Waals surface area contributed by atoms with Crippen molar-refractivity contribution in [3.05, 3.63) is 0 Å². The van der Waals surface area contributed by atoms with E-state index in [2.05, 4.69) is 20.8 Å². The number of aliphatic hydroxyl groups is 1. The van der Waals surface area contributed by atoms with Gasteiger partial charge in [-0.2, -0.15) is 0 Å². The molecule has 0 aromatic rings. The quantitative estimate of drug-likeness (QED) is 0.583. The number of halogens is 1. The molecule has 1 aliphatic rings. The standard InChI is InChI=1S/C10H19ClO/c1-10(2,3)7-4-5-9(12)8(11)6-7/h7-9,12H,4-6H2,1-3H3/t7-,8+,9?/m0/s1. The van der Waals surface area contributed by atoms with E-state index in [9.17, 15) is 5.11 Å². The van der Waals surface area contributed by atoms with Crippen molar-refractivity contribution in [2.75, 3.05) is 0 Å². The lowest BCUT2D eigenvalue weighted by Gasteiger charge is -2.37. The molecule has 1 N–H and O–H groups in total. The molecule has 1 aliphatic carbocycles. The molecular formula is C10H19ClO. The molecular weight excluding hydrogens is 172 g/mol. The second-order valence-electron chi connectivity index (χ2n) is 4.96. The van der Waals surface area contributed by atoms with Crippen LogP contribution in [-0.4, -0.2) is 16.6 Å². The van der Waals surface area contributed by atoms with Gasteiger partial charge >= 0.3 is 0 Å². The van der Waals surface area contributed by atoms with Gasteiger partial charge in [0.1, 0.15) is 0 Å². The van der Waals surface area contributed by atoms with Gasteiger partial charge in [-0.1, -0.05) is 20.8 Å². The Labute approximate surface area is 80.1 Å². The second kappa shape index (κ2) is 3.55. The Hall–Kier alpha value is 0.250. The van der Waals surface area contributed by atoms with Crippen LogP contribution in [0.25, 0.3) is 0 Å². The highest BCUT2D eigenvalue weighted by Gasteiger charge is 2.33. The minimum Gasteiger partial charge on any atom is -0.392 e. The van der Waals surface area contributed by atoms with Crippen LogP contribution in [0.3, 0.4) is 0 Å². The lowest BCUT2D eigenvalue weighted by Crippen LogP contribution is -2.35. The summed E-state index contributed by atoms with van der Waals surface area (Å²) in [5.74, 6) is 0.670. The summed E-state index contributed by atoms with van der Waals surface area (Å²) < 4.78 is 0. The van der Waals surface area contributed by atoms with Gasteiger partial charge in [-0.15, -0.1) is 11.6 Å². The lowest BCUT2D eigenvalue weighted by molar-refractivity contribution is 0.0765. The highest BCUT2D eigenvalue weighted by atomic mass is 35.5. The van der Waals surface area contributed by atoms with Crippen LogP contribution in [0.2, 0.25) is 0 Å². The fraction of sp³-hybridized carbons (Fsp3) is 1.00. The molecule has 2 heteroatoms. The summed E-state index contributed by atoms with van der Waals surface area (Å²) in [5.41, 5.74) is 0.341. The molecule has 0 bridgehead atoms. The van der Waals surface area contributed by atoms with Gasteiger partial charge in [0, 0.05) is 0 Å². The monoisotopic (exact) mass is 190 g/mol. The van der Waals surface area contributed by atoms with E-state index in [1.54, 1.807) is 0 Å². The van der Waals surface area contributed by atoms with Crippen molar-refractivity contribution in [1.29, 1.82) is 0 Å². The van der Waals surface area contributed by atoms with Gasteiger partial charge in [0.25, 0.3) is 0 Å². The number of alkyl halides is 1. The average Bonchev–Trinajstić information content (AvgIpc) is 1.92. The van der Waals surface area contributed by atoms with Gasteiger partial charge in [-0.3, -0.25) is 0 Å². The van der Waals surface area contributed by atoms with Gasteiger partial charge in [-0.25, -0.2) is 0 Å². The van der Waals surface area contributed by atoms with Crippen molar-refractivity contribution in [2.45, 2.75) is 51.5 Å². The molecule has 1 nitrogen and oxygen atoms in total. The zero-order valence-electron chi connectivity index (χ0n) is 8.18. The molecule has 0 heterocycles. The molecule has 3 atom stereocenters. The summed E-state index contributed by atoms with van der Waals surface area (Å²) in [7, 11) is 0. The molecule has 1 rings (SSSR count). The molecule has 72 valence electrons. The van der Waals surface area contributed by atoms with Gasteiger partial charge in [0.15, 0.2) is 0 Å². The van der Waals surface area contributed by atoms with Crippen LogP contribution >= 0.6 is 11.6 Å².